The van der Waals surface area contributed by atoms with E-state index in [0.717, 1.165) is 0 Å². The van der Waals surface area contributed by atoms with E-state index in [4.69, 9.17) is 44.3 Å². The number of carbonyl (C=O) groups excluding carboxylic acids is 1. The van der Waals surface area contributed by atoms with Crippen LogP contribution in [0.1, 0.15) is 20.8 Å². The number of halogens is 3. The Bertz CT molecular complexity index is 521. The molecule has 0 aliphatic carbocycles. The number of hydrogen-bond donors (Lipinski definition) is 0. The fourth-order valence-electron chi connectivity index (χ4n) is 1.56. The van der Waals surface area contributed by atoms with Crippen molar-refractivity contribution in [3.8, 4) is 5.06 Å². The summed E-state index contributed by atoms with van der Waals surface area (Å²) in [4.78, 5) is 13.3. The number of thiophene rings is 1. The van der Waals surface area contributed by atoms with Gasteiger partial charge in [0.15, 0.2) is 5.06 Å². The summed E-state index contributed by atoms with van der Waals surface area (Å²) in [6.45, 7) is 6.40. The van der Waals surface area contributed by atoms with Crippen molar-refractivity contribution in [1.82, 2.24) is 4.90 Å². The van der Waals surface area contributed by atoms with Crippen molar-refractivity contribution in [3.63, 3.8) is 0 Å². The van der Waals surface area contributed by atoms with E-state index in [0.29, 0.717) is 32.5 Å². The molecule has 112 valence electrons. The molecule has 0 bridgehead atoms. The van der Waals surface area contributed by atoms with Gasteiger partial charge >= 0.3 is 6.09 Å². The van der Waals surface area contributed by atoms with Crippen LogP contribution in [0.4, 0.5) is 4.79 Å². The highest BCUT2D eigenvalue weighted by atomic mass is 35.5. The molecule has 1 saturated heterocycles. The fourth-order valence-corrected chi connectivity index (χ4v) is 3.21. The molecule has 4 nitrogen and oxygen atoms in total. The number of amides is 1. The van der Waals surface area contributed by atoms with Gasteiger partial charge in [0, 0.05) is 0 Å². The molecule has 1 aromatic heterocycles. The van der Waals surface area contributed by atoms with Gasteiger partial charge in [-0.15, -0.1) is 0 Å². The van der Waals surface area contributed by atoms with E-state index >= 15 is 0 Å². The van der Waals surface area contributed by atoms with Crippen LogP contribution in [0.3, 0.4) is 0 Å². The van der Waals surface area contributed by atoms with Crippen LogP contribution >= 0.6 is 46.1 Å². The first-order valence-electron chi connectivity index (χ1n) is 5.95. The number of ether oxygens (including phenoxy) is 2. The minimum absolute atomic E-state index is 0.120. The van der Waals surface area contributed by atoms with Crippen LogP contribution in [0.25, 0.3) is 0 Å². The Kier molecular flexibility index (Phi) is 4.64. The molecule has 1 aromatic rings. The van der Waals surface area contributed by atoms with Gasteiger partial charge in [-0.1, -0.05) is 46.1 Å². The van der Waals surface area contributed by atoms with Gasteiger partial charge in [-0.05, 0) is 20.8 Å². The zero-order chi connectivity index (χ0) is 15.1. The van der Waals surface area contributed by atoms with Crippen LogP contribution in [0.2, 0.25) is 14.4 Å². The molecular weight excluding hydrogens is 345 g/mol. The molecule has 0 radical (unpaired) electrons. The molecule has 0 aromatic carbocycles. The lowest BCUT2D eigenvalue weighted by atomic mass is 10.2. The van der Waals surface area contributed by atoms with Crippen molar-refractivity contribution in [2.75, 3.05) is 13.1 Å². The average molecular weight is 359 g/mol. The summed E-state index contributed by atoms with van der Waals surface area (Å²) in [5, 5.41) is 1.10. The lowest BCUT2D eigenvalue weighted by Crippen LogP contribution is -2.57. The van der Waals surface area contributed by atoms with Crippen molar-refractivity contribution in [1.29, 1.82) is 0 Å². The van der Waals surface area contributed by atoms with Gasteiger partial charge in [-0.25, -0.2) is 4.79 Å². The normalized spacial score (nSPS) is 16.0. The summed E-state index contributed by atoms with van der Waals surface area (Å²) in [5.74, 6) is 0. The molecular formula is C12H14Cl3NO3S. The highest BCUT2D eigenvalue weighted by Gasteiger charge is 2.36. The lowest BCUT2D eigenvalue weighted by Gasteiger charge is -2.39. The van der Waals surface area contributed by atoms with Crippen LogP contribution in [0, 0.1) is 0 Å². The molecule has 1 aliphatic rings. The zero-order valence-corrected chi connectivity index (χ0v) is 14.3. The highest BCUT2D eigenvalue weighted by molar-refractivity contribution is 7.19. The quantitative estimate of drug-likeness (QED) is 0.768. The molecule has 8 heteroatoms. The van der Waals surface area contributed by atoms with E-state index < -0.39 is 5.60 Å². The van der Waals surface area contributed by atoms with Crippen molar-refractivity contribution in [2.24, 2.45) is 0 Å². The maximum atomic E-state index is 11.7. The van der Waals surface area contributed by atoms with Gasteiger partial charge < -0.3 is 14.4 Å². The number of hydrogen-bond acceptors (Lipinski definition) is 4. The largest absolute Gasteiger partial charge is 0.476 e. The first-order chi connectivity index (χ1) is 9.17. The number of carbonyl (C=O) groups is 1. The fraction of sp³-hybridized carbons (Fsp3) is 0.583. The Labute approximate surface area is 136 Å². The maximum Gasteiger partial charge on any atom is 0.410 e. The zero-order valence-electron chi connectivity index (χ0n) is 11.2. The average Bonchev–Trinajstić information content (AvgIpc) is 2.48. The van der Waals surface area contributed by atoms with Crippen LogP contribution in [0.5, 0.6) is 5.06 Å². The molecule has 0 atom stereocenters. The molecule has 2 rings (SSSR count). The standard InChI is InChI=1S/C12H14Cl3NO3S/c1-12(2,3)19-11(17)16-4-6(5-16)18-10-8(14)7(13)9(15)20-10/h6H,4-5H2,1-3H3. The van der Waals surface area contributed by atoms with Crippen LogP contribution in [0.15, 0.2) is 0 Å². The first-order valence-corrected chi connectivity index (χ1v) is 7.90. The number of rotatable bonds is 2. The van der Waals surface area contributed by atoms with E-state index in [1.807, 2.05) is 20.8 Å². The van der Waals surface area contributed by atoms with Gasteiger partial charge in [-0.3, -0.25) is 0 Å². The second kappa shape index (κ2) is 5.79. The van der Waals surface area contributed by atoms with Crippen LogP contribution in [-0.2, 0) is 4.74 Å². The summed E-state index contributed by atoms with van der Waals surface area (Å²) in [5.41, 5.74) is -0.499. The molecule has 20 heavy (non-hydrogen) atoms. The monoisotopic (exact) mass is 357 g/mol. The lowest BCUT2D eigenvalue weighted by molar-refractivity contribution is -0.0212. The summed E-state index contributed by atoms with van der Waals surface area (Å²) >= 11 is 18.9. The summed E-state index contributed by atoms with van der Waals surface area (Å²) in [7, 11) is 0. The van der Waals surface area contributed by atoms with Gasteiger partial charge in [0.25, 0.3) is 0 Å². The van der Waals surface area contributed by atoms with Crippen LogP contribution in [-0.4, -0.2) is 35.8 Å². The molecule has 0 saturated carbocycles. The molecule has 0 unspecified atom stereocenters. The molecule has 0 spiro atoms. The molecule has 1 fully saturated rings. The van der Waals surface area contributed by atoms with Crippen molar-refractivity contribution in [2.45, 2.75) is 32.5 Å². The molecule has 1 aliphatic heterocycles. The van der Waals surface area contributed by atoms with Crippen molar-refractivity contribution >= 4 is 52.2 Å². The SMILES string of the molecule is CC(C)(C)OC(=O)N1CC(Oc2sc(Cl)c(Cl)c2Cl)C1. The van der Waals surface area contributed by atoms with Gasteiger partial charge in [-0.2, -0.15) is 0 Å². The molecule has 1 amide bonds. The number of likely N-dealkylation sites (tertiary alicyclic amines) is 1. The van der Waals surface area contributed by atoms with Crippen molar-refractivity contribution in [3.05, 3.63) is 14.4 Å². The third-order valence-corrected chi connectivity index (χ3v) is 4.95. The topological polar surface area (TPSA) is 38.8 Å². The van der Waals surface area contributed by atoms with E-state index in [2.05, 4.69) is 0 Å². The minimum Gasteiger partial charge on any atom is -0.476 e. The Hall–Kier alpha value is -0.360. The summed E-state index contributed by atoms with van der Waals surface area (Å²) in [6, 6.07) is 0. The predicted molar refractivity (Wildman–Crippen MR) is 81.6 cm³/mol. The molecule has 0 N–H and O–H groups in total. The Morgan fingerprint density at radius 3 is 2.30 bits per heavy atom. The van der Waals surface area contributed by atoms with E-state index in [1.54, 1.807) is 4.90 Å². The van der Waals surface area contributed by atoms with E-state index in [-0.39, 0.29) is 12.2 Å². The summed E-state index contributed by atoms with van der Waals surface area (Å²) in [6.07, 6.45) is -0.462. The third-order valence-electron chi connectivity index (χ3n) is 2.50. The summed E-state index contributed by atoms with van der Waals surface area (Å²) < 4.78 is 11.3. The second-order valence-electron chi connectivity index (χ2n) is 5.42. The van der Waals surface area contributed by atoms with E-state index in [1.165, 1.54) is 11.3 Å². The molecule has 2 heterocycles. The van der Waals surface area contributed by atoms with Gasteiger partial charge in [0.1, 0.15) is 21.1 Å². The predicted octanol–water partition coefficient (Wildman–Crippen LogP) is 4.71. The Morgan fingerprint density at radius 1 is 1.25 bits per heavy atom. The Morgan fingerprint density at radius 2 is 1.85 bits per heavy atom. The first kappa shape index (κ1) is 16.0. The second-order valence-corrected chi connectivity index (χ2v) is 7.76. The van der Waals surface area contributed by atoms with E-state index in [9.17, 15) is 4.79 Å². The smallest absolute Gasteiger partial charge is 0.410 e. The van der Waals surface area contributed by atoms with Crippen molar-refractivity contribution < 1.29 is 14.3 Å². The van der Waals surface area contributed by atoms with Crippen LogP contribution < -0.4 is 4.74 Å². The maximum absolute atomic E-state index is 11.7. The third kappa shape index (κ3) is 3.64. The minimum atomic E-state index is -0.499. The highest BCUT2D eigenvalue weighted by Crippen LogP contribution is 2.46. The number of nitrogens with zero attached hydrogens (tertiary/aromatic N) is 1. The van der Waals surface area contributed by atoms with Gasteiger partial charge in [0.05, 0.1) is 18.1 Å². The van der Waals surface area contributed by atoms with Gasteiger partial charge in [0.2, 0.25) is 0 Å². The Balaban J connectivity index is 1.85.